The van der Waals surface area contributed by atoms with Crippen LogP contribution in [0.2, 0.25) is 0 Å². The van der Waals surface area contributed by atoms with Gasteiger partial charge in [0.15, 0.2) is 0 Å². The van der Waals surface area contributed by atoms with Crippen LogP contribution in [0.4, 0.5) is 0 Å². The smallest absolute Gasteiger partial charge is 0.0308 e. The van der Waals surface area contributed by atoms with Crippen LogP contribution >= 0.6 is 11.8 Å². The van der Waals surface area contributed by atoms with Gasteiger partial charge >= 0.3 is 0 Å². The fourth-order valence-corrected chi connectivity index (χ4v) is 2.31. The molecule has 0 N–H and O–H groups in total. The Kier molecular flexibility index (Phi) is 3.41. The van der Waals surface area contributed by atoms with E-state index in [9.17, 15) is 0 Å². The normalized spacial score (nSPS) is 10.2. The maximum Gasteiger partial charge on any atom is 0.0308 e. The summed E-state index contributed by atoms with van der Waals surface area (Å²) in [5, 5.41) is 0. The molecule has 1 heterocycles. The van der Waals surface area contributed by atoms with E-state index in [0.29, 0.717) is 0 Å². The van der Waals surface area contributed by atoms with Crippen LogP contribution in [0.5, 0.6) is 0 Å². The van der Waals surface area contributed by atoms with E-state index in [1.54, 1.807) is 0 Å². The van der Waals surface area contributed by atoms with Crippen LogP contribution < -0.4 is 0 Å². The van der Waals surface area contributed by atoms with Gasteiger partial charge in [-0.05, 0) is 24.1 Å². The first kappa shape index (κ1) is 10.2. The molecule has 0 saturated heterocycles. The number of hydrogen-bond acceptors (Lipinski definition) is 2. The number of aryl methyl sites for hydroxylation is 1. The first-order chi connectivity index (χ1) is 7.36. The first-order valence-corrected chi connectivity index (χ1v) is 5.92. The highest BCUT2D eigenvalue weighted by atomic mass is 32.2. The lowest BCUT2D eigenvalue weighted by molar-refractivity contribution is 1.18. The lowest BCUT2D eigenvalue weighted by Gasteiger charge is -2.04. The minimum absolute atomic E-state index is 1.02. The lowest BCUT2D eigenvalue weighted by atomic mass is 10.2. The highest BCUT2D eigenvalue weighted by Gasteiger charge is 1.98. The fraction of sp³-hybridized carbons (Fsp3) is 0.154. The molecule has 2 rings (SSSR count). The SMILES string of the molecule is Cc1cnccc1SCc1ccccc1. The first-order valence-electron chi connectivity index (χ1n) is 4.93. The minimum atomic E-state index is 1.02. The van der Waals surface area contributed by atoms with Crippen molar-refractivity contribution in [2.75, 3.05) is 0 Å². The molecule has 76 valence electrons. The van der Waals surface area contributed by atoms with Crippen molar-refractivity contribution in [3.63, 3.8) is 0 Å². The van der Waals surface area contributed by atoms with Crippen LogP contribution in [0.25, 0.3) is 0 Å². The van der Waals surface area contributed by atoms with E-state index in [4.69, 9.17) is 0 Å². The maximum atomic E-state index is 4.09. The topological polar surface area (TPSA) is 12.9 Å². The number of nitrogens with zero attached hydrogens (tertiary/aromatic N) is 1. The highest BCUT2D eigenvalue weighted by molar-refractivity contribution is 7.98. The highest BCUT2D eigenvalue weighted by Crippen LogP contribution is 2.24. The molecule has 0 spiro atoms. The molecule has 1 aromatic carbocycles. The van der Waals surface area contributed by atoms with Gasteiger partial charge in [0.1, 0.15) is 0 Å². The largest absolute Gasteiger partial charge is 0.264 e. The molecule has 1 aromatic heterocycles. The van der Waals surface area contributed by atoms with Gasteiger partial charge in [-0.2, -0.15) is 0 Å². The number of pyridine rings is 1. The zero-order valence-corrected chi connectivity index (χ0v) is 9.50. The average Bonchev–Trinajstić information content (AvgIpc) is 2.29. The molecule has 0 bridgehead atoms. The summed E-state index contributed by atoms with van der Waals surface area (Å²) in [6.07, 6.45) is 3.76. The Morgan fingerprint density at radius 2 is 1.93 bits per heavy atom. The molecular weight excluding hydrogens is 202 g/mol. The summed E-state index contributed by atoms with van der Waals surface area (Å²) in [7, 11) is 0. The summed E-state index contributed by atoms with van der Waals surface area (Å²) >= 11 is 1.86. The van der Waals surface area contributed by atoms with Crippen molar-refractivity contribution in [1.82, 2.24) is 4.98 Å². The molecule has 2 aromatic rings. The summed E-state index contributed by atoms with van der Waals surface area (Å²) < 4.78 is 0. The molecule has 0 aliphatic carbocycles. The van der Waals surface area contributed by atoms with E-state index in [-0.39, 0.29) is 0 Å². The summed E-state index contributed by atoms with van der Waals surface area (Å²) in [4.78, 5) is 5.40. The predicted octanol–water partition coefficient (Wildman–Crippen LogP) is 3.68. The van der Waals surface area contributed by atoms with Crippen LogP contribution in [0.1, 0.15) is 11.1 Å². The molecular formula is C13H13NS. The predicted molar refractivity (Wildman–Crippen MR) is 65.0 cm³/mol. The van der Waals surface area contributed by atoms with Gasteiger partial charge in [-0.15, -0.1) is 11.8 Å². The Hall–Kier alpha value is -1.28. The molecule has 0 aliphatic rings. The van der Waals surface area contributed by atoms with Crippen molar-refractivity contribution in [3.8, 4) is 0 Å². The fourth-order valence-electron chi connectivity index (χ4n) is 1.36. The summed E-state index contributed by atoms with van der Waals surface area (Å²) in [5.41, 5.74) is 2.61. The van der Waals surface area contributed by atoms with E-state index >= 15 is 0 Å². The molecule has 0 atom stereocenters. The van der Waals surface area contributed by atoms with E-state index in [1.807, 2.05) is 30.2 Å². The van der Waals surface area contributed by atoms with Crippen molar-refractivity contribution in [3.05, 3.63) is 59.9 Å². The molecule has 2 heteroatoms. The van der Waals surface area contributed by atoms with Gasteiger partial charge in [-0.25, -0.2) is 0 Å². The van der Waals surface area contributed by atoms with Crippen molar-refractivity contribution >= 4 is 11.8 Å². The van der Waals surface area contributed by atoms with Gasteiger partial charge in [0, 0.05) is 23.0 Å². The van der Waals surface area contributed by atoms with Crippen LogP contribution in [0.3, 0.4) is 0 Å². The van der Waals surface area contributed by atoms with Crippen molar-refractivity contribution in [1.29, 1.82) is 0 Å². The second kappa shape index (κ2) is 4.99. The zero-order valence-electron chi connectivity index (χ0n) is 8.68. The second-order valence-electron chi connectivity index (χ2n) is 3.42. The second-order valence-corrected chi connectivity index (χ2v) is 4.43. The number of thioether (sulfide) groups is 1. The third kappa shape index (κ3) is 2.83. The lowest BCUT2D eigenvalue weighted by Crippen LogP contribution is -1.83. The molecule has 0 saturated carbocycles. The Bertz CT molecular complexity index is 426. The third-order valence-corrected chi connectivity index (χ3v) is 3.45. The van der Waals surface area contributed by atoms with E-state index in [1.165, 1.54) is 16.0 Å². The van der Waals surface area contributed by atoms with Gasteiger partial charge in [0.05, 0.1) is 0 Å². The van der Waals surface area contributed by atoms with Crippen molar-refractivity contribution < 1.29 is 0 Å². The monoisotopic (exact) mass is 215 g/mol. The quantitative estimate of drug-likeness (QED) is 0.724. The van der Waals surface area contributed by atoms with E-state index in [2.05, 4.69) is 42.2 Å². The van der Waals surface area contributed by atoms with Crippen LogP contribution in [-0.4, -0.2) is 4.98 Å². The number of benzene rings is 1. The van der Waals surface area contributed by atoms with Crippen LogP contribution in [0, 0.1) is 6.92 Å². The molecule has 0 amide bonds. The molecule has 1 nitrogen and oxygen atoms in total. The molecule has 15 heavy (non-hydrogen) atoms. The summed E-state index contributed by atoms with van der Waals surface area (Å²) in [5.74, 6) is 1.02. The van der Waals surface area contributed by atoms with E-state index in [0.717, 1.165) is 5.75 Å². The zero-order chi connectivity index (χ0) is 10.5. The average molecular weight is 215 g/mol. The van der Waals surface area contributed by atoms with Gasteiger partial charge in [-0.1, -0.05) is 30.3 Å². The maximum absolute atomic E-state index is 4.09. The standard InChI is InChI=1S/C13H13NS/c1-11-9-14-8-7-13(11)15-10-12-5-3-2-4-6-12/h2-9H,10H2,1H3. The minimum Gasteiger partial charge on any atom is -0.264 e. The van der Waals surface area contributed by atoms with Crippen LogP contribution in [0.15, 0.2) is 53.7 Å². The van der Waals surface area contributed by atoms with Gasteiger partial charge < -0.3 is 0 Å². The number of rotatable bonds is 3. The Morgan fingerprint density at radius 3 is 2.67 bits per heavy atom. The van der Waals surface area contributed by atoms with Gasteiger partial charge in [0.25, 0.3) is 0 Å². The molecule has 0 radical (unpaired) electrons. The van der Waals surface area contributed by atoms with Crippen LogP contribution in [-0.2, 0) is 5.75 Å². The third-order valence-electron chi connectivity index (χ3n) is 2.21. The van der Waals surface area contributed by atoms with Gasteiger partial charge in [0.2, 0.25) is 0 Å². The number of hydrogen-bond donors (Lipinski definition) is 0. The van der Waals surface area contributed by atoms with E-state index < -0.39 is 0 Å². The molecule has 0 aliphatic heterocycles. The number of aromatic nitrogens is 1. The summed E-state index contributed by atoms with van der Waals surface area (Å²) in [6, 6.07) is 12.6. The van der Waals surface area contributed by atoms with Gasteiger partial charge in [-0.3, -0.25) is 4.98 Å². The van der Waals surface area contributed by atoms with Crippen molar-refractivity contribution in [2.45, 2.75) is 17.6 Å². The Balaban J connectivity index is 2.03. The molecule has 0 fully saturated rings. The Morgan fingerprint density at radius 1 is 1.13 bits per heavy atom. The van der Waals surface area contributed by atoms with Crippen molar-refractivity contribution in [2.24, 2.45) is 0 Å². The molecule has 0 unspecified atom stereocenters. The summed E-state index contributed by atoms with van der Waals surface area (Å²) in [6.45, 7) is 2.10. The Labute approximate surface area is 94.6 Å².